The molecule has 2 N–H and O–H groups in total. The molecule has 4 aromatic carbocycles. The molecule has 0 spiro atoms. The number of hydrogen-bond acceptors (Lipinski definition) is 5. The van der Waals surface area contributed by atoms with Gasteiger partial charge in [-0.3, -0.25) is 14.5 Å². The lowest BCUT2D eigenvalue weighted by Crippen LogP contribution is -2.29. The Morgan fingerprint density at radius 2 is 1.67 bits per heavy atom. The van der Waals surface area contributed by atoms with E-state index in [9.17, 15) is 19.8 Å². The van der Waals surface area contributed by atoms with Gasteiger partial charge in [-0.25, -0.2) is 0 Å². The highest BCUT2D eigenvalue weighted by molar-refractivity contribution is 6.52. The van der Waals surface area contributed by atoms with Gasteiger partial charge >= 0.3 is 0 Å². The minimum absolute atomic E-state index is 0.0528. The number of phenols is 1. The van der Waals surface area contributed by atoms with Crippen LogP contribution in [0.2, 0.25) is 10.0 Å². The van der Waals surface area contributed by atoms with E-state index in [2.05, 4.69) is 0 Å². The predicted octanol–water partition coefficient (Wildman–Crippen LogP) is 7.21. The van der Waals surface area contributed by atoms with Crippen LogP contribution in [0, 0.1) is 6.92 Å². The van der Waals surface area contributed by atoms with E-state index in [0.29, 0.717) is 29.2 Å². The normalized spacial score (nSPS) is 16.5. The molecule has 1 aliphatic heterocycles. The number of aliphatic hydroxyl groups excluding tert-OH is 1. The highest BCUT2D eigenvalue weighted by Crippen LogP contribution is 2.44. The Morgan fingerprint density at radius 3 is 2.36 bits per heavy atom. The van der Waals surface area contributed by atoms with Crippen LogP contribution in [-0.2, 0) is 16.2 Å². The van der Waals surface area contributed by atoms with E-state index in [4.69, 9.17) is 27.9 Å². The van der Waals surface area contributed by atoms with Gasteiger partial charge in [-0.1, -0.05) is 65.7 Å². The van der Waals surface area contributed by atoms with Crippen LogP contribution in [0.25, 0.3) is 5.76 Å². The lowest BCUT2D eigenvalue weighted by atomic mass is 9.94. The summed E-state index contributed by atoms with van der Waals surface area (Å²) in [6, 6.07) is 24.5. The molecule has 5 rings (SSSR count). The van der Waals surface area contributed by atoms with Crippen molar-refractivity contribution >= 4 is 46.3 Å². The number of carbonyl (C=O) groups excluding carboxylic acids is 2. The topological polar surface area (TPSA) is 87.1 Å². The molecule has 1 atom stereocenters. The summed E-state index contributed by atoms with van der Waals surface area (Å²) in [7, 11) is 0. The van der Waals surface area contributed by atoms with E-state index in [-0.39, 0.29) is 27.1 Å². The molecule has 8 heteroatoms. The molecule has 0 radical (unpaired) electrons. The first kappa shape index (κ1) is 26.4. The number of ketones is 1. The Labute approximate surface area is 235 Å². The summed E-state index contributed by atoms with van der Waals surface area (Å²) in [5, 5.41) is 22.1. The van der Waals surface area contributed by atoms with E-state index in [1.165, 1.54) is 29.2 Å². The summed E-state index contributed by atoms with van der Waals surface area (Å²) in [5.74, 6) is -1.49. The van der Waals surface area contributed by atoms with Gasteiger partial charge in [0.2, 0.25) is 0 Å². The van der Waals surface area contributed by atoms with Crippen molar-refractivity contribution in [2.24, 2.45) is 0 Å². The largest absolute Gasteiger partial charge is 0.508 e. The Hall–Kier alpha value is -4.26. The summed E-state index contributed by atoms with van der Waals surface area (Å²) in [6.07, 6.45) is 0. The van der Waals surface area contributed by atoms with Crippen molar-refractivity contribution in [3.63, 3.8) is 0 Å². The molecule has 0 aliphatic carbocycles. The van der Waals surface area contributed by atoms with Gasteiger partial charge in [0, 0.05) is 11.3 Å². The monoisotopic (exact) mass is 559 g/mol. The number of benzene rings is 4. The maximum atomic E-state index is 13.4. The molecule has 0 aromatic heterocycles. The van der Waals surface area contributed by atoms with Crippen LogP contribution >= 0.6 is 23.2 Å². The summed E-state index contributed by atoms with van der Waals surface area (Å²) < 4.78 is 5.94. The van der Waals surface area contributed by atoms with Crippen molar-refractivity contribution < 1.29 is 24.5 Å². The fourth-order valence-electron chi connectivity index (χ4n) is 4.59. The van der Waals surface area contributed by atoms with Crippen molar-refractivity contribution in [2.75, 3.05) is 4.90 Å². The van der Waals surface area contributed by atoms with Gasteiger partial charge in [0.15, 0.2) is 0 Å². The number of Topliss-reactive ketones (excluding diaryl/α,β-unsaturated/α-hetero) is 1. The van der Waals surface area contributed by atoms with Crippen LogP contribution in [0.5, 0.6) is 11.5 Å². The van der Waals surface area contributed by atoms with Crippen LogP contribution in [0.4, 0.5) is 5.69 Å². The van der Waals surface area contributed by atoms with Crippen LogP contribution in [0.15, 0.2) is 96.6 Å². The molecule has 1 unspecified atom stereocenters. The minimum Gasteiger partial charge on any atom is -0.508 e. The van der Waals surface area contributed by atoms with Gasteiger partial charge < -0.3 is 14.9 Å². The average molecular weight is 560 g/mol. The maximum Gasteiger partial charge on any atom is 0.300 e. The van der Waals surface area contributed by atoms with Crippen molar-refractivity contribution in [3.8, 4) is 11.5 Å². The number of aryl methyl sites for hydroxylation is 1. The molecule has 1 aliphatic rings. The lowest BCUT2D eigenvalue weighted by molar-refractivity contribution is -0.132. The zero-order chi connectivity index (χ0) is 27.7. The average Bonchev–Trinajstić information content (AvgIpc) is 3.20. The predicted molar refractivity (Wildman–Crippen MR) is 151 cm³/mol. The first-order valence-electron chi connectivity index (χ1n) is 12.1. The zero-order valence-corrected chi connectivity index (χ0v) is 22.3. The third-order valence-electron chi connectivity index (χ3n) is 6.50. The van der Waals surface area contributed by atoms with Crippen LogP contribution in [0.3, 0.4) is 0 Å². The number of amides is 1. The third-order valence-corrected chi connectivity index (χ3v) is 7.24. The summed E-state index contributed by atoms with van der Waals surface area (Å²) in [4.78, 5) is 28.0. The fourth-order valence-corrected chi connectivity index (χ4v) is 4.89. The van der Waals surface area contributed by atoms with Gasteiger partial charge in [-0.05, 0) is 72.1 Å². The number of ether oxygens (including phenoxy) is 1. The molecule has 0 bridgehead atoms. The van der Waals surface area contributed by atoms with Crippen molar-refractivity contribution in [1.82, 2.24) is 0 Å². The summed E-state index contributed by atoms with van der Waals surface area (Å²) >= 11 is 12.3. The van der Waals surface area contributed by atoms with Crippen molar-refractivity contribution in [3.05, 3.63) is 129 Å². The van der Waals surface area contributed by atoms with E-state index < -0.39 is 17.7 Å². The third kappa shape index (κ3) is 5.21. The Kier molecular flexibility index (Phi) is 7.33. The number of carbonyl (C=O) groups is 2. The number of nitrogens with zero attached hydrogens (tertiary/aromatic N) is 1. The number of aliphatic hydroxyl groups is 1. The molecule has 196 valence electrons. The number of hydrogen-bond donors (Lipinski definition) is 2. The maximum absolute atomic E-state index is 13.4. The second-order valence-corrected chi connectivity index (χ2v) is 9.93. The highest BCUT2D eigenvalue weighted by Gasteiger charge is 2.47. The molecule has 1 heterocycles. The van der Waals surface area contributed by atoms with Crippen LogP contribution < -0.4 is 9.64 Å². The highest BCUT2D eigenvalue weighted by atomic mass is 35.5. The first-order chi connectivity index (χ1) is 18.7. The van der Waals surface area contributed by atoms with Crippen molar-refractivity contribution in [2.45, 2.75) is 19.6 Å². The van der Waals surface area contributed by atoms with Crippen molar-refractivity contribution in [1.29, 1.82) is 0 Å². The lowest BCUT2D eigenvalue weighted by Gasteiger charge is -2.26. The van der Waals surface area contributed by atoms with E-state index in [1.54, 1.807) is 36.4 Å². The zero-order valence-electron chi connectivity index (χ0n) is 20.8. The molecule has 6 nitrogen and oxygen atoms in total. The number of phenolic OH excluding ortho intramolecular Hbond substituents is 1. The van der Waals surface area contributed by atoms with Gasteiger partial charge in [-0.2, -0.15) is 0 Å². The molecular weight excluding hydrogens is 537 g/mol. The Morgan fingerprint density at radius 1 is 0.897 bits per heavy atom. The number of rotatable bonds is 6. The molecule has 39 heavy (non-hydrogen) atoms. The first-order valence-corrected chi connectivity index (χ1v) is 12.8. The molecule has 1 fully saturated rings. The molecule has 4 aromatic rings. The molecule has 0 saturated carbocycles. The van der Waals surface area contributed by atoms with E-state index in [0.717, 1.165) is 11.1 Å². The summed E-state index contributed by atoms with van der Waals surface area (Å²) in [6.45, 7) is 2.21. The summed E-state index contributed by atoms with van der Waals surface area (Å²) in [5.41, 5.74) is 2.73. The molecule has 1 saturated heterocycles. The van der Waals surface area contributed by atoms with Gasteiger partial charge in [0.05, 0.1) is 21.7 Å². The number of halogens is 2. The number of anilines is 1. The second-order valence-electron chi connectivity index (χ2n) is 9.12. The standard InChI is InChI=1S/C31H23Cl2NO5/c1-18-14-21(10-13-26(18)39-17-19-6-3-2-4-7-19)29(36)27-28(20-8-5-9-23(35)15-20)34(31(38)30(27)37)22-11-12-24(32)25(33)16-22/h2-16,28,35-36H,17H2,1H3/b29-27+. The van der Waals surface area contributed by atoms with Gasteiger partial charge in [0.1, 0.15) is 23.9 Å². The molecular formula is C31H23Cl2NO5. The van der Waals surface area contributed by atoms with Crippen LogP contribution in [0.1, 0.15) is 28.3 Å². The van der Waals surface area contributed by atoms with Gasteiger partial charge in [-0.15, -0.1) is 0 Å². The Balaban J connectivity index is 1.57. The Bertz CT molecular complexity index is 1620. The minimum atomic E-state index is -1.02. The van der Waals surface area contributed by atoms with E-state index in [1.807, 2.05) is 37.3 Å². The van der Waals surface area contributed by atoms with Gasteiger partial charge in [0.25, 0.3) is 11.7 Å². The van der Waals surface area contributed by atoms with E-state index >= 15 is 0 Å². The molecule has 1 amide bonds. The smallest absolute Gasteiger partial charge is 0.300 e. The quantitative estimate of drug-likeness (QED) is 0.148. The SMILES string of the molecule is Cc1cc(/C(O)=C2\C(=O)C(=O)N(c3ccc(Cl)c(Cl)c3)C2c2cccc(O)c2)ccc1OCc1ccccc1. The fraction of sp³-hybridized carbons (Fsp3) is 0.0968. The van der Waals surface area contributed by atoms with Crippen LogP contribution in [-0.4, -0.2) is 21.9 Å². The number of aromatic hydroxyl groups is 1. The second kappa shape index (κ2) is 10.8.